The second-order valence-electron chi connectivity index (χ2n) is 3.66. The second kappa shape index (κ2) is 6.34. The van der Waals surface area contributed by atoms with Gasteiger partial charge in [0, 0.05) is 28.3 Å². The van der Waals surface area contributed by atoms with Crippen molar-refractivity contribution >= 4 is 16.8 Å². The molecule has 1 N–H and O–H groups in total. The maximum absolute atomic E-state index is 11.8. The van der Waals surface area contributed by atoms with E-state index in [1.807, 2.05) is 0 Å². The van der Waals surface area contributed by atoms with Crippen molar-refractivity contribution in [1.82, 2.24) is 4.98 Å². The molecule has 6 heteroatoms. The summed E-state index contributed by atoms with van der Waals surface area (Å²) in [6, 6.07) is 3.50. The molecule has 0 aliphatic rings. The van der Waals surface area contributed by atoms with E-state index in [-0.39, 0.29) is 11.5 Å². The molecule has 1 rings (SSSR count). The number of carboxylic acid groups (broad SMARTS) is 1. The first-order chi connectivity index (χ1) is 8.04. The van der Waals surface area contributed by atoms with E-state index >= 15 is 0 Å². The van der Waals surface area contributed by atoms with Crippen LogP contribution < -0.4 is 4.74 Å². The normalized spacial score (nSPS) is 14.0. The fourth-order valence-corrected chi connectivity index (χ4v) is 2.68. The molecule has 0 amide bonds. The Hall–Kier alpha value is -1.43. The van der Waals surface area contributed by atoms with Crippen molar-refractivity contribution in [3.05, 3.63) is 23.9 Å². The summed E-state index contributed by atoms with van der Waals surface area (Å²) in [7, 11) is 0.260. The monoisotopic (exact) mass is 257 g/mol. The molecule has 0 radical (unpaired) electrons. The minimum absolute atomic E-state index is 0.132. The number of nitrogens with zero attached hydrogens (tertiary/aromatic N) is 1. The average Bonchev–Trinajstić information content (AvgIpc) is 2.29. The van der Waals surface area contributed by atoms with Gasteiger partial charge < -0.3 is 9.84 Å². The van der Waals surface area contributed by atoms with E-state index in [1.165, 1.54) is 7.11 Å². The van der Waals surface area contributed by atoms with Crippen LogP contribution in [0.1, 0.15) is 12.5 Å². The minimum Gasteiger partial charge on any atom is -0.481 e. The third kappa shape index (κ3) is 4.14. The number of carbonyl (C=O) groups is 1. The quantitative estimate of drug-likeness (QED) is 0.824. The number of ether oxygens (including phenoxy) is 1. The van der Waals surface area contributed by atoms with E-state index in [0.717, 1.165) is 5.56 Å². The number of methoxy groups -OCH3 is 1. The Kier molecular flexibility index (Phi) is 5.09. The third-order valence-electron chi connectivity index (χ3n) is 2.22. The smallest absolute Gasteiger partial charge is 0.307 e. The predicted octanol–water partition coefficient (Wildman–Crippen LogP) is 1.06. The Labute approximate surface area is 102 Å². The molecule has 94 valence electrons. The zero-order valence-corrected chi connectivity index (χ0v) is 10.6. The van der Waals surface area contributed by atoms with Crippen molar-refractivity contribution in [1.29, 1.82) is 0 Å². The summed E-state index contributed by atoms with van der Waals surface area (Å²) in [5.74, 6) is -0.721. The van der Waals surface area contributed by atoms with Crippen LogP contribution in [-0.4, -0.2) is 33.1 Å². The van der Waals surface area contributed by atoms with Gasteiger partial charge in [-0.05, 0) is 6.07 Å². The number of pyridine rings is 1. The predicted molar refractivity (Wildman–Crippen MR) is 64.3 cm³/mol. The maximum Gasteiger partial charge on any atom is 0.307 e. The molecule has 2 unspecified atom stereocenters. The molecule has 0 bridgehead atoms. The molecule has 1 aromatic heterocycles. The van der Waals surface area contributed by atoms with E-state index in [1.54, 1.807) is 25.3 Å². The van der Waals surface area contributed by atoms with E-state index in [9.17, 15) is 9.00 Å². The van der Waals surface area contributed by atoms with Gasteiger partial charge in [0.05, 0.1) is 18.8 Å². The zero-order chi connectivity index (χ0) is 12.8. The number of aromatic nitrogens is 1. The molecule has 0 saturated heterocycles. The Morgan fingerprint density at radius 2 is 2.35 bits per heavy atom. The number of rotatable bonds is 6. The lowest BCUT2D eigenvalue weighted by Gasteiger charge is -2.08. The van der Waals surface area contributed by atoms with Gasteiger partial charge >= 0.3 is 5.97 Å². The molecular formula is C11H15NO4S. The summed E-state index contributed by atoms with van der Waals surface area (Å²) in [5.41, 5.74) is 0.728. The SMILES string of the molecule is COc1ncccc1CS(=O)CC(C)C(=O)O. The Morgan fingerprint density at radius 1 is 1.65 bits per heavy atom. The van der Waals surface area contributed by atoms with Gasteiger partial charge in [-0.15, -0.1) is 0 Å². The minimum atomic E-state index is -1.23. The fraction of sp³-hybridized carbons (Fsp3) is 0.455. The van der Waals surface area contributed by atoms with Crippen LogP contribution in [0.25, 0.3) is 0 Å². The van der Waals surface area contributed by atoms with Crippen molar-refractivity contribution in [2.75, 3.05) is 12.9 Å². The molecule has 0 aliphatic heterocycles. The van der Waals surface area contributed by atoms with Crippen LogP contribution in [0.4, 0.5) is 0 Å². The van der Waals surface area contributed by atoms with Gasteiger partial charge in [-0.25, -0.2) is 4.98 Å². The van der Waals surface area contributed by atoms with Crippen LogP contribution in [0, 0.1) is 5.92 Å². The van der Waals surface area contributed by atoms with Gasteiger partial charge in [-0.3, -0.25) is 9.00 Å². The average molecular weight is 257 g/mol. The second-order valence-corrected chi connectivity index (χ2v) is 5.16. The number of hydrogen-bond acceptors (Lipinski definition) is 4. The highest BCUT2D eigenvalue weighted by Crippen LogP contribution is 2.16. The van der Waals surface area contributed by atoms with Gasteiger partial charge in [0.2, 0.25) is 5.88 Å². The van der Waals surface area contributed by atoms with Crippen LogP contribution in [0.15, 0.2) is 18.3 Å². The maximum atomic E-state index is 11.8. The van der Waals surface area contributed by atoms with Crippen LogP contribution in [0.2, 0.25) is 0 Å². The lowest BCUT2D eigenvalue weighted by Crippen LogP contribution is -2.18. The third-order valence-corrected chi connectivity index (χ3v) is 3.72. The molecule has 0 aromatic carbocycles. The zero-order valence-electron chi connectivity index (χ0n) is 9.75. The highest BCUT2D eigenvalue weighted by molar-refractivity contribution is 7.84. The van der Waals surface area contributed by atoms with E-state index < -0.39 is 22.7 Å². The number of hydrogen-bond donors (Lipinski definition) is 1. The standard InChI is InChI=1S/C11H15NO4S/c1-8(11(13)14)6-17(15)7-9-4-3-5-12-10(9)16-2/h3-5,8H,6-7H2,1-2H3,(H,13,14). The highest BCUT2D eigenvalue weighted by atomic mass is 32.2. The van der Waals surface area contributed by atoms with Crippen molar-refractivity contribution in [2.45, 2.75) is 12.7 Å². The van der Waals surface area contributed by atoms with Crippen molar-refractivity contribution in [3.63, 3.8) is 0 Å². The Morgan fingerprint density at radius 3 is 2.94 bits per heavy atom. The summed E-state index contributed by atoms with van der Waals surface area (Å²) in [6.07, 6.45) is 1.59. The topological polar surface area (TPSA) is 76.5 Å². The molecule has 17 heavy (non-hydrogen) atoms. The molecule has 1 aromatic rings. The Bertz CT molecular complexity index is 422. The lowest BCUT2D eigenvalue weighted by atomic mass is 10.2. The van der Waals surface area contributed by atoms with Crippen molar-refractivity contribution in [3.8, 4) is 5.88 Å². The lowest BCUT2D eigenvalue weighted by molar-refractivity contribution is -0.140. The molecule has 0 fully saturated rings. The van der Waals surface area contributed by atoms with Crippen LogP contribution in [0.3, 0.4) is 0 Å². The summed E-state index contributed by atoms with van der Waals surface area (Å²) >= 11 is 0. The highest BCUT2D eigenvalue weighted by Gasteiger charge is 2.16. The van der Waals surface area contributed by atoms with Gasteiger partial charge in [-0.2, -0.15) is 0 Å². The molecule has 5 nitrogen and oxygen atoms in total. The molecular weight excluding hydrogens is 242 g/mol. The summed E-state index contributed by atoms with van der Waals surface area (Å²) in [4.78, 5) is 14.6. The summed E-state index contributed by atoms with van der Waals surface area (Å²) < 4.78 is 16.8. The first-order valence-electron chi connectivity index (χ1n) is 5.10. The van der Waals surface area contributed by atoms with Crippen LogP contribution in [-0.2, 0) is 21.3 Å². The van der Waals surface area contributed by atoms with E-state index in [4.69, 9.17) is 9.84 Å². The molecule has 2 atom stereocenters. The molecule has 1 heterocycles. The van der Waals surface area contributed by atoms with Gasteiger partial charge in [0.15, 0.2) is 0 Å². The van der Waals surface area contributed by atoms with Gasteiger partial charge in [-0.1, -0.05) is 13.0 Å². The molecule has 0 spiro atoms. The van der Waals surface area contributed by atoms with Crippen molar-refractivity contribution in [2.24, 2.45) is 5.92 Å². The van der Waals surface area contributed by atoms with Gasteiger partial charge in [0.25, 0.3) is 0 Å². The van der Waals surface area contributed by atoms with E-state index in [2.05, 4.69) is 4.98 Å². The van der Waals surface area contributed by atoms with Gasteiger partial charge in [0.1, 0.15) is 0 Å². The number of carboxylic acids is 1. The summed E-state index contributed by atoms with van der Waals surface area (Å²) in [6.45, 7) is 1.54. The van der Waals surface area contributed by atoms with Crippen LogP contribution >= 0.6 is 0 Å². The number of aliphatic carboxylic acids is 1. The molecule has 0 aliphatic carbocycles. The largest absolute Gasteiger partial charge is 0.481 e. The fourth-order valence-electron chi connectivity index (χ4n) is 1.30. The first-order valence-corrected chi connectivity index (χ1v) is 6.59. The van der Waals surface area contributed by atoms with Crippen LogP contribution in [0.5, 0.6) is 5.88 Å². The van der Waals surface area contributed by atoms with E-state index in [0.29, 0.717) is 5.88 Å². The summed E-state index contributed by atoms with van der Waals surface area (Å²) in [5, 5.41) is 8.73. The first kappa shape index (κ1) is 13.6. The Balaban J connectivity index is 2.65. The van der Waals surface area contributed by atoms with Crippen molar-refractivity contribution < 1.29 is 18.8 Å². The molecule has 0 saturated carbocycles.